The summed E-state index contributed by atoms with van der Waals surface area (Å²) in [5.41, 5.74) is -0.00412. The highest BCUT2D eigenvalue weighted by molar-refractivity contribution is 5.35. The number of unbranched alkanes of at least 4 members (excludes halogenated alkanes) is 2. The van der Waals surface area contributed by atoms with Crippen LogP contribution in [0.2, 0.25) is 0 Å². The maximum atomic E-state index is 6.08. The van der Waals surface area contributed by atoms with Gasteiger partial charge in [0.25, 0.3) is 0 Å². The lowest BCUT2D eigenvalue weighted by Crippen LogP contribution is -2.37. The van der Waals surface area contributed by atoms with E-state index in [1.165, 1.54) is 38.6 Å². The van der Waals surface area contributed by atoms with E-state index in [2.05, 4.69) is 49.9 Å². The first-order valence-electron chi connectivity index (χ1n) is 11.4. The zero-order valence-electron chi connectivity index (χ0n) is 19.4. The van der Waals surface area contributed by atoms with Gasteiger partial charge in [-0.3, -0.25) is 0 Å². The van der Waals surface area contributed by atoms with Gasteiger partial charge in [-0.1, -0.05) is 39.5 Å². The lowest BCUT2D eigenvalue weighted by atomic mass is 9.67. The lowest BCUT2D eigenvalue weighted by molar-refractivity contribution is 0.0913. The molecule has 0 aromatic rings. The molecule has 0 radical (unpaired) electrons. The molecule has 0 N–H and O–H groups in total. The highest BCUT2D eigenvalue weighted by atomic mass is 16.5. The summed E-state index contributed by atoms with van der Waals surface area (Å²) >= 11 is 0. The van der Waals surface area contributed by atoms with Gasteiger partial charge in [0.15, 0.2) is 0 Å². The van der Waals surface area contributed by atoms with Gasteiger partial charge in [0.2, 0.25) is 0 Å². The van der Waals surface area contributed by atoms with E-state index in [1.54, 1.807) is 0 Å². The fraction of sp³-hybridized carbons (Fsp3) is 0.833. The Morgan fingerprint density at radius 1 is 0.964 bits per heavy atom. The predicted octanol–water partition coefficient (Wildman–Crippen LogP) is 5.07. The summed E-state index contributed by atoms with van der Waals surface area (Å²) in [5.74, 6) is 2.31. The fourth-order valence-corrected chi connectivity index (χ4v) is 5.02. The van der Waals surface area contributed by atoms with Crippen LogP contribution in [0, 0.1) is 10.8 Å². The highest BCUT2D eigenvalue weighted by Gasteiger charge is 2.48. The number of likely N-dealkylation sites (tertiary alicyclic amines) is 1. The largest absolute Gasteiger partial charge is 0.500 e. The van der Waals surface area contributed by atoms with Crippen LogP contribution in [-0.4, -0.2) is 64.3 Å². The number of methoxy groups -OCH3 is 2. The van der Waals surface area contributed by atoms with Crippen molar-refractivity contribution in [2.45, 2.75) is 65.2 Å². The Morgan fingerprint density at radius 2 is 1.54 bits per heavy atom. The Kier molecular flexibility index (Phi) is 8.88. The number of ether oxygens (including phenoxy) is 2. The molecule has 0 aromatic heterocycles. The van der Waals surface area contributed by atoms with E-state index < -0.39 is 0 Å². The highest BCUT2D eigenvalue weighted by Crippen LogP contribution is 2.53. The van der Waals surface area contributed by atoms with E-state index in [1.807, 2.05) is 14.2 Å². The molecule has 0 unspecified atom stereocenters. The van der Waals surface area contributed by atoms with Gasteiger partial charge in [0, 0.05) is 12.0 Å². The Bertz CT molecular complexity index is 507. The minimum atomic E-state index is -0.0703. The summed E-state index contributed by atoms with van der Waals surface area (Å²) < 4.78 is 12.2. The minimum absolute atomic E-state index is 0.0662. The quantitative estimate of drug-likeness (QED) is 0.463. The molecule has 162 valence electrons. The second kappa shape index (κ2) is 10.7. The average molecular weight is 393 g/mol. The molecular weight excluding hydrogens is 348 g/mol. The van der Waals surface area contributed by atoms with Crippen molar-refractivity contribution >= 4 is 0 Å². The van der Waals surface area contributed by atoms with Gasteiger partial charge in [-0.15, -0.1) is 0 Å². The Hall–Kier alpha value is -1.00. The molecule has 2 aliphatic rings. The second-order valence-electron chi connectivity index (χ2n) is 9.13. The van der Waals surface area contributed by atoms with Gasteiger partial charge in [-0.2, -0.15) is 0 Å². The van der Waals surface area contributed by atoms with Crippen LogP contribution in [0.1, 0.15) is 65.2 Å². The molecule has 1 aliphatic heterocycles. The van der Waals surface area contributed by atoms with Crippen LogP contribution in [0.3, 0.4) is 0 Å². The first-order valence-corrected chi connectivity index (χ1v) is 11.4. The molecular formula is C24H44N2O2. The molecule has 1 fully saturated rings. The van der Waals surface area contributed by atoms with Gasteiger partial charge in [-0.05, 0) is 71.6 Å². The Labute approximate surface area is 173 Å². The fourth-order valence-electron chi connectivity index (χ4n) is 5.02. The van der Waals surface area contributed by atoms with E-state index in [0.29, 0.717) is 0 Å². The van der Waals surface area contributed by atoms with Crippen molar-refractivity contribution in [3.8, 4) is 0 Å². The SMILES string of the molecule is CCCCC1(CCCC)C(OC)=CC2(C=C1OC)CCN(CCCN(C)C)C2. The van der Waals surface area contributed by atoms with Crippen molar-refractivity contribution in [1.29, 1.82) is 0 Å². The third-order valence-corrected chi connectivity index (χ3v) is 6.63. The normalized spacial score (nSPS) is 21.1. The maximum Gasteiger partial charge on any atom is 0.106 e. The third kappa shape index (κ3) is 5.33. The Balaban J connectivity index is 2.24. The van der Waals surface area contributed by atoms with Crippen LogP contribution in [-0.2, 0) is 9.47 Å². The van der Waals surface area contributed by atoms with E-state index in [0.717, 1.165) is 50.4 Å². The minimum Gasteiger partial charge on any atom is -0.500 e. The summed E-state index contributed by atoms with van der Waals surface area (Å²) in [6, 6.07) is 0. The van der Waals surface area contributed by atoms with Crippen LogP contribution < -0.4 is 0 Å². The van der Waals surface area contributed by atoms with E-state index in [-0.39, 0.29) is 10.8 Å². The number of hydrogen-bond donors (Lipinski definition) is 0. The van der Waals surface area contributed by atoms with Crippen molar-refractivity contribution < 1.29 is 9.47 Å². The Morgan fingerprint density at radius 3 is 2.00 bits per heavy atom. The molecule has 1 heterocycles. The first kappa shape index (κ1) is 23.3. The molecule has 1 saturated heterocycles. The second-order valence-corrected chi connectivity index (χ2v) is 9.13. The monoisotopic (exact) mass is 392 g/mol. The molecule has 4 nitrogen and oxygen atoms in total. The summed E-state index contributed by atoms with van der Waals surface area (Å²) in [5, 5.41) is 0. The van der Waals surface area contributed by atoms with Crippen LogP contribution in [0.25, 0.3) is 0 Å². The van der Waals surface area contributed by atoms with Crippen LogP contribution in [0.5, 0.6) is 0 Å². The summed E-state index contributed by atoms with van der Waals surface area (Å²) in [7, 11) is 8.02. The summed E-state index contributed by atoms with van der Waals surface area (Å²) in [6.45, 7) is 9.10. The first-order chi connectivity index (χ1) is 13.4. The average Bonchev–Trinajstić information content (AvgIpc) is 3.07. The van der Waals surface area contributed by atoms with Crippen molar-refractivity contribution in [1.82, 2.24) is 9.80 Å². The number of nitrogens with zero attached hydrogens (tertiary/aromatic N) is 2. The van der Waals surface area contributed by atoms with Crippen molar-refractivity contribution in [2.75, 3.05) is 54.5 Å². The predicted molar refractivity (Wildman–Crippen MR) is 118 cm³/mol. The molecule has 4 heteroatoms. The van der Waals surface area contributed by atoms with E-state index >= 15 is 0 Å². The molecule has 1 aliphatic carbocycles. The molecule has 0 bridgehead atoms. The molecule has 0 atom stereocenters. The zero-order chi connectivity index (χ0) is 20.6. The summed E-state index contributed by atoms with van der Waals surface area (Å²) in [6.07, 6.45) is 14.4. The van der Waals surface area contributed by atoms with Crippen molar-refractivity contribution in [3.05, 3.63) is 23.7 Å². The smallest absolute Gasteiger partial charge is 0.106 e. The van der Waals surface area contributed by atoms with Crippen LogP contribution >= 0.6 is 0 Å². The molecule has 28 heavy (non-hydrogen) atoms. The van der Waals surface area contributed by atoms with Gasteiger partial charge < -0.3 is 19.3 Å². The van der Waals surface area contributed by atoms with Gasteiger partial charge >= 0.3 is 0 Å². The summed E-state index contributed by atoms with van der Waals surface area (Å²) in [4.78, 5) is 4.89. The topological polar surface area (TPSA) is 24.9 Å². The molecule has 0 aromatic carbocycles. The molecule has 1 spiro atoms. The van der Waals surface area contributed by atoms with Gasteiger partial charge in [-0.25, -0.2) is 0 Å². The zero-order valence-corrected chi connectivity index (χ0v) is 19.4. The van der Waals surface area contributed by atoms with Crippen molar-refractivity contribution in [3.63, 3.8) is 0 Å². The van der Waals surface area contributed by atoms with Crippen LogP contribution in [0.15, 0.2) is 23.7 Å². The van der Waals surface area contributed by atoms with Gasteiger partial charge in [0.05, 0.1) is 19.6 Å². The molecule has 0 amide bonds. The van der Waals surface area contributed by atoms with Gasteiger partial charge in [0.1, 0.15) is 11.5 Å². The standard InChI is InChI=1S/C24H44N2O2/c1-7-9-12-24(13-10-8-2)21(27-5)18-23(19-22(24)28-6)14-17-26(20-23)16-11-15-25(3)4/h18-19H,7-17,20H2,1-6H3. The molecule has 0 saturated carbocycles. The van der Waals surface area contributed by atoms with Crippen molar-refractivity contribution in [2.24, 2.45) is 10.8 Å². The van der Waals surface area contributed by atoms with E-state index in [9.17, 15) is 0 Å². The maximum absolute atomic E-state index is 6.08. The number of rotatable bonds is 12. The number of hydrogen-bond acceptors (Lipinski definition) is 4. The molecule has 2 rings (SSSR count). The third-order valence-electron chi connectivity index (χ3n) is 6.63. The van der Waals surface area contributed by atoms with Crippen LogP contribution in [0.4, 0.5) is 0 Å². The van der Waals surface area contributed by atoms with E-state index in [4.69, 9.17) is 9.47 Å². The lowest BCUT2D eigenvalue weighted by Gasteiger charge is -2.42.